The van der Waals surface area contributed by atoms with E-state index in [1.807, 2.05) is 22.6 Å². The van der Waals surface area contributed by atoms with Gasteiger partial charge in [0.2, 0.25) is 0 Å². The summed E-state index contributed by atoms with van der Waals surface area (Å²) in [5.74, 6) is 0.182. The Hall–Kier alpha value is -0.650. The van der Waals surface area contributed by atoms with Crippen molar-refractivity contribution in [1.82, 2.24) is 4.90 Å². The molecule has 1 saturated heterocycles. The number of carbonyl (C=O) groups is 1. The highest BCUT2D eigenvalue weighted by Gasteiger charge is 2.27. The predicted octanol–water partition coefficient (Wildman–Crippen LogP) is 2.52. The monoisotopic (exact) mass is 319 g/mol. The van der Waals surface area contributed by atoms with Crippen LogP contribution in [0.5, 0.6) is 0 Å². The Balaban J connectivity index is 2.16. The lowest BCUT2D eigenvalue weighted by Crippen LogP contribution is -2.48. The molecule has 2 nitrogen and oxygen atoms in total. The molecule has 0 aromatic heterocycles. The average Bonchev–Trinajstić information content (AvgIpc) is 2.16. The molecule has 1 aromatic rings. The number of amides is 1. The third-order valence-corrected chi connectivity index (χ3v) is 3.39. The van der Waals surface area contributed by atoms with Crippen LogP contribution in [0, 0.1) is 15.3 Å². The Morgan fingerprint density at radius 2 is 2.20 bits per heavy atom. The Kier molecular flexibility index (Phi) is 2.95. The van der Waals surface area contributed by atoms with Crippen molar-refractivity contribution in [2.45, 2.75) is 6.92 Å². The van der Waals surface area contributed by atoms with Gasteiger partial charge >= 0.3 is 0 Å². The molecule has 0 saturated carbocycles. The van der Waals surface area contributed by atoms with Gasteiger partial charge in [-0.05, 0) is 46.7 Å². The zero-order valence-electron chi connectivity index (χ0n) is 8.34. The maximum atomic E-state index is 13.2. The molecular weight excluding hydrogens is 308 g/mol. The zero-order valence-corrected chi connectivity index (χ0v) is 10.5. The summed E-state index contributed by atoms with van der Waals surface area (Å²) < 4.78 is 13.8. The summed E-state index contributed by atoms with van der Waals surface area (Å²) in [5, 5.41) is 0. The fourth-order valence-electron chi connectivity index (χ4n) is 1.68. The van der Waals surface area contributed by atoms with Crippen molar-refractivity contribution in [1.29, 1.82) is 0 Å². The van der Waals surface area contributed by atoms with Gasteiger partial charge in [0.15, 0.2) is 0 Å². The third kappa shape index (κ3) is 2.14. The molecule has 0 aliphatic carbocycles. The fraction of sp³-hybridized carbons (Fsp3) is 0.364. The van der Waals surface area contributed by atoms with Crippen LogP contribution in [0.15, 0.2) is 18.2 Å². The molecular formula is C11H11FINO. The normalized spacial score (nSPS) is 16.3. The van der Waals surface area contributed by atoms with E-state index in [1.54, 1.807) is 17.0 Å². The highest BCUT2D eigenvalue weighted by molar-refractivity contribution is 14.1. The second-order valence-corrected chi connectivity index (χ2v) is 5.11. The van der Waals surface area contributed by atoms with Crippen LogP contribution in [0.4, 0.5) is 4.39 Å². The minimum absolute atomic E-state index is 0.0663. The minimum atomic E-state index is -0.324. The van der Waals surface area contributed by atoms with E-state index in [9.17, 15) is 9.18 Å². The summed E-state index contributed by atoms with van der Waals surface area (Å²) in [4.78, 5) is 13.5. The van der Waals surface area contributed by atoms with Crippen molar-refractivity contribution in [2.24, 2.45) is 5.92 Å². The Morgan fingerprint density at radius 3 is 2.73 bits per heavy atom. The van der Waals surface area contributed by atoms with Crippen LogP contribution in [0.3, 0.4) is 0 Å². The number of nitrogens with zero attached hydrogens (tertiary/aromatic N) is 1. The summed E-state index contributed by atoms with van der Waals surface area (Å²) in [5.41, 5.74) is 0.444. The molecule has 0 radical (unpaired) electrons. The van der Waals surface area contributed by atoms with Crippen molar-refractivity contribution in [3.8, 4) is 0 Å². The number of halogens is 2. The highest BCUT2D eigenvalue weighted by Crippen LogP contribution is 2.19. The first-order valence-electron chi connectivity index (χ1n) is 4.82. The molecule has 2 rings (SSSR count). The molecule has 15 heavy (non-hydrogen) atoms. The van der Waals surface area contributed by atoms with E-state index in [0.717, 1.165) is 13.1 Å². The van der Waals surface area contributed by atoms with Crippen LogP contribution in [0.1, 0.15) is 17.3 Å². The summed E-state index contributed by atoms with van der Waals surface area (Å²) in [7, 11) is 0. The summed E-state index contributed by atoms with van der Waals surface area (Å²) in [6.07, 6.45) is 0. The van der Waals surface area contributed by atoms with Crippen LogP contribution in [0.2, 0.25) is 0 Å². The van der Waals surface area contributed by atoms with Crippen LogP contribution < -0.4 is 0 Å². The average molecular weight is 319 g/mol. The highest BCUT2D eigenvalue weighted by atomic mass is 127. The molecule has 1 heterocycles. The second kappa shape index (κ2) is 4.08. The number of rotatable bonds is 1. The quantitative estimate of drug-likeness (QED) is 0.729. The fourth-order valence-corrected chi connectivity index (χ4v) is 2.01. The molecule has 1 aliphatic heterocycles. The Morgan fingerprint density at radius 1 is 1.53 bits per heavy atom. The SMILES string of the molecule is CC1CN(C(=O)c2ccc(I)c(F)c2)C1. The molecule has 80 valence electrons. The van der Waals surface area contributed by atoms with Crippen LogP contribution in [-0.2, 0) is 0 Å². The number of benzene rings is 1. The van der Waals surface area contributed by atoms with Crippen LogP contribution in [-0.4, -0.2) is 23.9 Å². The van der Waals surface area contributed by atoms with Gasteiger partial charge in [0.25, 0.3) is 5.91 Å². The number of hydrogen-bond acceptors (Lipinski definition) is 1. The van der Waals surface area contributed by atoms with Gasteiger partial charge in [-0.3, -0.25) is 4.79 Å². The van der Waals surface area contributed by atoms with E-state index in [0.29, 0.717) is 15.1 Å². The first-order chi connectivity index (χ1) is 7.08. The van der Waals surface area contributed by atoms with E-state index in [2.05, 4.69) is 6.92 Å². The third-order valence-electron chi connectivity index (χ3n) is 2.52. The molecule has 0 N–H and O–H groups in total. The predicted molar refractivity (Wildman–Crippen MR) is 64.2 cm³/mol. The molecule has 1 amide bonds. The lowest BCUT2D eigenvalue weighted by atomic mass is 10.0. The molecule has 0 spiro atoms. The largest absolute Gasteiger partial charge is 0.338 e. The minimum Gasteiger partial charge on any atom is -0.338 e. The van der Waals surface area contributed by atoms with Crippen molar-refractivity contribution in [3.63, 3.8) is 0 Å². The summed E-state index contributed by atoms with van der Waals surface area (Å²) in [6, 6.07) is 4.62. The first kappa shape index (κ1) is 10.9. The lowest BCUT2D eigenvalue weighted by Gasteiger charge is -2.37. The van der Waals surface area contributed by atoms with Crippen LogP contribution in [0.25, 0.3) is 0 Å². The van der Waals surface area contributed by atoms with Crippen molar-refractivity contribution in [2.75, 3.05) is 13.1 Å². The Labute approximate surface area is 102 Å². The van der Waals surface area contributed by atoms with Crippen LogP contribution >= 0.6 is 22.6 Å². The maximum Gasteiger partial charge on any atom is 0.253 e. The zero-order chi connectivity index (χ0) is 11.0. The van der Waals surface area contributed by atoms with Crippen molar-refractivity contribution < 1.29 is 9.18 Å². The topological polar surface area (TPSA) is 20.3 Å². The summed E-state index contributed by atoms with van der Waals surface area (Å²) in [6.45, 7) is 3.66. The van der Waals surface area contributed by atoms with E-state index in [4.69, 9.17) is 0 Å². The van der Waals surface area contributed by atoms with Gasteiger partial charge < -0.3 is 4.90 Å². The van der Waals surface area contributed by atoms with Crippen molar-refractivity contribution >= 4 is 28.5 Å². The second-order valence-electron chi connectivity index (χ2n) is 3.94. The van der Waals surface area contributed by atoms with Gasteiger partial charge in [0, 0.05) is 22.2 Å². The van der Waals surface area contributed by atoms with Gasteiger partial charge in [-0.25, -0.2) is 4.39 Å². The summed E-state index contributed by atoms with van der Waals surface area (Å²) >= 11 is 1.91. The van der Waals surface area contributed by atoms with Gasteiger partial charge in [-0.1, -0.05) is 6.92 Å². The van der Waals surface area contributed by atoms with E-state index >= 15 is 0 Å². The molecule has 0 bridgehead atoms. The molecule has 4 heteroatoms. The standard InChI is InChI=1S/C11H11FINO/c1-7-5-14(6-7)11(15)8-2-3-10(13)9(12)4-8/h2-4,7H,5-6H2,1H3. The molecule has 0 unspecified atom stereocenters. The maximum absolute atomic E-state index is 13.2. The smallest absolute Gasteiger partial charge is 0.253 e. The first-order valence-corrected chi connectivity index (χ1v) is 5.90. The molecule has 1 aliphatic rings. The number of carbonyl (C=O) groups excluding carboxylic acids is 1. The van der Waals surface area contributed by atoms with Gasteiger partial charge in [0.1, 0.15) is 5.82 Å². The molecule has 1 aromatic carbocycles. The Bertz CT molecular complexity index is 402. The van der Waals surface area contributed by atoms with Gasteiger partial charge in [-0.15, -0.1) is 0 Å². The number of likely N-dealkylation sites (tertiary alicyclic amines) is 1. The van der Waals surface area contributed by atoms with E-state index in [-0.39, 0.29) is 11.7 Å². The lowest BCUT2D eigenvalue weighted by molar-refractivity contribution is 0.0530. The molecule has 0 atom stereocenters. The number of hydrogen-bond donors (Lipinski definition) is 0. The van der Waals surface area contributed by atoms with Gasteiger partial charge in [0.05, 0.1) is 0 Å². The molecule has 1 fully saturated rings. The van der Waals surface area contributed by atoms with Crippen molar-refractivity contribution in [3.05, 3.63) is 33.1 Å². The van der Waals surface area contributed by atoms with E-state index in [1.165, 1.54) is 6.07 Å². The van der Waals surface area contributed by atoms with Gasteiger partial charge in [-0.2, -0.15) is 0 Å². The van der Waals surface area contributed by atoms with E-state index < -0.39 is 0 Å².